The third kappa shape index (κ3) is 5.38. The van der Waals surface area contributed by atoms with Crippen molar-refractivity contribution >= 4 is 0 Å². The van der Waals surface area contributed by atoms with E-state index in [9.17, 15) is 0 Å². The number of aryl methyl sites for hydroxylation is 1. The van der Waals surface area contributed by atoms with Gasteiger partial charge < -0.3 is 5.32 Å². The fourth-order valence-corrected chi connectivity index (χ4v) is 2.10. The first-order chi connectivity index (χ1) is 8.77. The molecule has 0 amide bonds. The van der Waals surface area contributed by atoms with Crippen LogP contribution in [-0.2, 0) is 6.42 Å². The van der Waals surface area contributed by atoms with Crippen molar-refractivity contribution in [2.75, 3.05) is 6.54 Å². The predicted octanol–water partition coefficient (Wildman–Crippen LogP) is 3.71. The Kier molecular flexibility index (Phi) is 7.22. The number of benzene rings is 1. The summed E-state index contributed by atoms with van der Waals surface area (Å²) in [6, 6.07) is 9.22. The van der Waals surface area contributed by atoms with Crippen molar-refractivity contribution in [3.05, 3.63) is 35.4 Å². The monoisotopic (exact) mass is 243 g/mol. The Morgan fingerprint density at radius 2 is 2.06 bits per heavy atom. The summed E-state index contributed by atoms with van der Waals surface area (Å²) in [6.45, 7) is 7.41. The Labute approximate surface area is 112 Å². The minimum atomic E-state index is 0.548. The molecule has 0 bridgehead atoms. The lowest BCUT2D eigenvalue weighted by molar-refractivity contribution is 0.482. The average Bonchev–Trinajstić information content (AvgIpc) is 2.38. The Morgan fingerprint density at radius 1 is 1.28 bits per heavy atom. The quantitative estimate of drug-likeness (QED) is 0.720. The highest BCUT2D eigenvalue weighted by Gasteiger charge is 2.09. The van der Waals surface area contributed by atoms with Crippen LogP contribution in [0.5, 0.6) is 0 Å². The van der Waals surface area contributed by atoms with Crippen LogP contribution >= 0.6 is 0 Å². The summed E-state index contributed by atoms with van der Waals surface area (Å²) in [5.74, 6) is 6.14. The van der Waals surface area contributed by atoms with Crippen molar-refractivity contribution in [2.45, 2.75) is 52.5 Å². The molecule has 0 saturated heterocycles. The van der Waals surface area contributed by atoms with Gasteiger partial charge in [0.15, 0.2) is 0 Å². The molecule has 0 radical (unpaired) electrons. The molecule has 0 spiro atoms. The molecule has 0 heterocycles. The summed E-state index contributed by atoms with van der Waals surface area (Å²) in [6.07, 6.45) is 4.42. The van der Waals surface area contributed by atoms with Crippen LogP contribution in [0.1, 0.15) is 44.2 Å². The van der Waals surface area contributed by atoms with Gasteiger partial charge in [-0.2, -0.15) is 0 Å². The molecule has 0 fully saturated rings. The summed E-state index contributed by atoms with van der Waals surface area (Å²) < 4.78 is 0. The molecule has 0 saturated carbocycles. The standard InChI is InChI=1S/C17H25N/c1-4-6-7-12-17(18-13-5-2)14-16-11-9-8-10-15(16)3/h8-11,17-18H,5,7,12-14H2,1-3H3. The van der Waals surface area contributed by atoms with Gasteiger partial charge in [-0.3, -0.25) is 0 Å². The molecule has 1 aromatic rings. The van der Waals surface area contributed by atoms with Crippen LogP contribution in [0, 0.1) is 18.8 Å². The van der Waals surface area contributed by atoms with Crippen molar-refractivity contribution in [3.63, 3.8) is 0 Å². The molecule has 1 nitrogen and oxygen atoms in total. The van der Waals surface area contributed by atoms with E-state index in [0.29, 0.717) is 6.04 Å². The number of nitrogens with one attached hydrogen (secondary N) is 1. The highest BCUT2D eigenvalue weighted by atomic mass is 14.9. The molecule has 1 unspecified atom stereocenters. The van der Waals surface area contributed by atoms with E-state index in [-0.39, 0.29) is 0 Å². The smallest absolute Gasteiger partial charge is 0.0117 e. The molecule has 1 aromatic carbocycles. The molecule has 0 aliphatic carbocycles. The molecule has 1 N–H and O–H groups in total. The van der Waals surface area contributed by atoms with Gasteiger partial charge in [-0.25, -0.2) is 0 Å². The molecular weight excluding hydrogens is 218 g/mol. The van der Waals surface area contributed by atoms with Crippen molar-refractivity contribution in [1.82, 2.24) is 5.32 Å². The molecular formula is C17H25N. The fourth-order valence-electron chi connectivity index (χ4n) is 2.10. The van der Waals surface area contributed by atoms with E-state index in [4.69, 9.17) is 0 Å². The summed E-state index contributed by atoms with van der Waals surface area (Å²) in [4.78, 5) is 0. The van der Waals surface area contributed by atoms with E-state index in [0.717, 1.165) is 25.8 Å². The molecule has 1 rings (SSSR count). The Hall–Kier alpha value is -1.26. The molecule has 1 atom stereocenters. The van der Waals surface area contributed by atoms with Crippen molar-refractivity contribution in [2.24, 2.45) is 0 Å². The van der Waals surface area contributed by atoms with E-state index in [2.05, 4.69) is 55.3 Å². The van der Waals surface area contributed by atoms with Crippen molar-refractivity contribution < 1.29 is 0 Å². The third-order valence-electron chi connectivity index (χ3n) is 3.21. The predicted molar refractivity (Wildman–Crippen MR) is 79.6 cm³/mol. The Bertz CT molecular complexity index is 398. The number of hydrogen-bond donors (Lipinski definition) is 1. The second-order valence-corrected chi connectivity index (χ2v) is 4.75. The first-order valence-electron chi connectivity index (χ1n) is 6.95. The molecule has 0 aliphatic rings. The average molecular weight is 243 g/mol. The zero-order valence-electron chi connectivity index (χ0n) is 11.9. The van der Waals surface area contributed by atoms with Crippen LogP contribution in [0.15, 0.2) is 24.3 Å². The maximum Gasteiger partial charge on any atom is 0.0117 e. The van der Waals surface area contributed by atoms with Gasteiger partial charge in [-0.1, -0.05) is 31.2 Å². The Morgan fingerprint density at radius 3 is 2.72 bits per heavy atom. The maximum atomic E-state index is 3.64. The van der Waals surface area contributed by atoms with Crippen molar-refractivity contribution in [1.29, 1.82) is 0 Å². The van der Waals surface area contributed by atoms with Gasteiger partial charge >= 0.3 is 0 Å². The van der Waals surface area contributed by atoms with Crippen molar-refractivity contribution in [3.8, 4) is 11.8 Å². The zero-order valence-corrected chi connectivity index (χ0v) is 11.9. The minimum absolute atomic E-state index is 0.548. The summed E-state index contributed by atoms with van der Waals surface area (Å²) in [7, 11) is 0. The highest BCUT2D eigenvalue weighted by Crippen LogP contribution is 2.12. The largest absolute Gasteiger partial charge is 0.314 e. The summed E-state index contributed by atoms with van der Waals surface area (Å²) in [5, 5.41) is 3.64. The van der Waals surface area contributed by atoms with Gasteiger partial charge in [0.2, 0.25) is 0 Å². The van der Waals surface area contributed by atoms with Gasteiger partial charge in [0.25, 0.3) is 0 Å². The lowest BCUT2D eigenvalue weighted by Gasteiger charge is -2.18. The topological polar surface area (TPSA) is 12.0 Å². The van der Waals surface area contributed by atoms with Gasteiger partial charge in [0.1, 0.15) is 0 Å². The first-order valence-corrected chi connectivity index (χ1v) is 6.95. The zero-order chi connectivity index (χ0) is 13.2. The van der Waals surface area contributed by atoms with Crippen LogP contribution in [0.25, 0.3) is 0 Å². The third-order valence-corrected chi connectivity index (χ3v) is 3.21. The van der Waals surface area contributed by atoms with Crippen LogP contribution in [0.4, 0.5) is 0 Å². The minimum Gasteiger partial charge on any atom is -0.314 e. The van der Waals surface area contributed by atoms with Crippen LogP contribution in [-0.4, -0.2) is 12.6 Å². The second-order valence-electron chi connectivity index (χ2n) is 4.75. The molecule has 98 valence electrons. The van der Waals surface area contributed by atoms with Crippen LogP contribution in [0.2, 0.25) is 0 Å². The summed E-state index contributed by atoms with van der Waals surface area (Å²) >= 11 is 0. The van der Waals surface area contributed by atoms with E-state index in [1.165, 1.54) is 17.5 Å². The normalized spacial score (nSPS) is 11.7. The van der Waals surface area contributed by atoms with Crippen LogP contribution in [0.3, 0.4) is 0 Å². The number of hydrogen-bond acceptors (Lipinski definition) is 1. The van der Waals surface area contributed by atoms with Gasteiger partial charge in [0, 0.05) is 12.5 Å². The number of rotatable bonds is 7. The fraction of sp³-hybridized carbons (Fsp3) is 0.529. The van der Waals surface area contributed by atoms with E-state index >= 15 is 0 Å². The molecule has 0 aromatic heterocycles. The van der Waals surface area contributed by atoms with E-state index in [1.807, 2.05) is 6.92 Å². The maximum absolute atomic E-state index is 3.64. The summed E-state index contributed by atoms with van der Waals surface area (Å²) in [5.41, 5.74) is 2.85. The lowest BCUT2D eigenvalue weighted by atomic mass is 9.98. The molecule has 1 heteroatoms. The SMILES string of the molecule is CC#CCCC(Cc1ccccc1C)NCCC. The molecule has 0 aliphatic heterocycles. The van der Waals surface area contributed by atoms with Gasteiger partial charge in [-0.05, 0) is 50.8 Å². The molecule has 18 heavy (non-hydrogen) atoms. The highest BCUT2D eigenvalue weighted by molar-refractivity contribution is 5.26. The van der Waals surface area contributed by atoms with Gasteiger partial charge in [0.05, 0.1) is 0 Å². The second kappa shape index (κ2) is 8.78. The van der Waals surface area contributed by atoms with Crippen LogP contribution < -0.4 is 5.32 Å². The first kappa shape index (κ1) is 14.8. The lowest BCUT2D eigenvalue weighted by Crippen LogP contribution is -2.31. The van der Waals surface area contributed by atoms with E-state index in [1.54, 1.807) is 0 Å². The van der Waals surface area contributed by atoms with E-state index < -0.39 is 0 Å². The van der Waals surface area contributed by atoms with Gasteiger partial charge in [-0.15, -0.1) is 11.8 Å². The Balaban J connectivity index is 2.58.